The lowest BCUT2D eigenvalue weighted by atomic mass is 10.1. The van der Waals surface area contributed by atoms with Gasteiger partial charge in [0.1, 0.15) is 11.6 Å². The molecule has 140 valence electrons. The van der Waals surface area contributed by atoms with E-state index in [-0.39, 0.29) is 11.6 Å². The Bertz CT molecular complexity index is 873. The molecule has 0 aromatic heterocycles. The lowest BCUT2D eigenvalue weighted by Crippen LogP contribution is -2.27. The summed E-state index contributed by atoms with van der Waals surface area (Å²) in [7, 11) is 1.55. The Hall–Kier alpha value is -2.78. The maximum Gasteiger partial charge on any atom is 0.262 e. The van der Waals surface area contributed by atoms with E-state index >= 15 is 0 Å². The van der Waals surface area contributed by atoms with Crippen molar-refractivity contribution >= 4 is 27.9 Å². The van der Waals surface area contributed by atoms with Gasteiger partial charge < -0.3 is 14.8 Å². The lowest BCUT2D eigenvalue weighted by molar-refractivity contribution is -0.117. The van der Waals surface area contributed by atoms with Crippen LogP contribution in [0.15, 0.2) is 52.5 Å². The summed E-state index contributed by atoms with van der Waals surface area (Å²) in [6.07, 6.45) is 1.53. The zero-order chi connectivity index (χ0) is 19.8. The normalized spacial score (nSPS) is 12.0. The summed E-state index contributed by atoms with van der Waals surface area (Å²) in [6, 6.07) is 14.8. The number of ether oxygens (including phenoxy) is 2. The maximum atomic E-state index is 12.5. The Labute approximate surface area is 167 Å². The second-order valence-corrected chi connectivity index (χ2v) is 6.60. The zero-order valence-electron chi connectivity index (χ0n) is 15.5. The highest BCUT2D eigenvalue weighted by atomic mass is 79.9. The summed E-state index contributed by atoms with van der Waals surface area (Å²) in [5.74, 6) is 0.671. The minimum Gasteiger partial charge on any atom is -0.492 e. The quantitative estimate of drug-likeness (QED) is 0.514. The Balaban J connectivity index is 2.27. The van der Waals surface area contributed by atoms with E-state index in [4.69, 9.17) is 9.47 Å². The molecule has 5 nitrogen and oxygen atoms in total. The first-order chi connectivity index (χ1) is 13.0. The molecule has 1 N–H and O–H groups in total. The van der Waals surface area contributed by atoms with Crippen molar-refractivity contribution in [2.75, 3.05) is 13.7 Å². The molecular formula is C21H21BrN2O3. The SMILES string of the molecule is CCOc1cc(/C=C(/C#N)C(=O)N[C@@H](C)c2ccccc2)cc(Br)c1OC. The maximum absolute atomic E-state index is 12.5. The van der Waals surface area contributed by atoms with Gasteiger partial charge in [-0.3, -0.25) is 4.79 Å². The molecule has 0 saturated carbocycles. The molecule has 0 bridgehead atoms. The van der Waals surface area contributed by atoms with Crippen molar-refractivity contribution in [1.82, 2.24) is 5.32 Å². The first-order valence-corrected chi connectivity index (χ1v) is 9.27. The number of carbonyl (C=O) groups excluding carboxylic acids is 1. The first kappa shape index (κ1) is 20.5. The van der Waals surface area contributed by atoms with Crippen LogP contribution in [0, 0.1) is 11.3 Å². The van der Waals surface area contributed by atoms with Gasteiger partial charge in [-0.1, -0.05) is 30.3 Å². The lowest BCUT2D eigenvalue weighted by Gasteiger charge is -2.14. The Morgan fingerprint density at radius 3 is 2.63 bits per heavy atom. The summed E-state index contributed by atoms with van der Waals surface area (Å²) in [4.78, 5) is 12.5. The number of nitrogens with one attached hydrogen (secondary N) is 1. The Morgan fingerprint density at radius 2 is 2.04 bits per heavy atom. The van der Waals surface area contributed by atoms with Gasteiger partial charge in [0.15, 0.2) is 11.5 Å². The summed E-state index contributed by atoms with van der Waals surface area (Å²) in [6.45, 7) is 4.21. The van der Waals surface area contributed by atoms with Crippen LogP contribution in [0.25, 0.3) is 6.08 Å². The second-order valence-electron chi connectivity index (χ2n) is 5.74. The summed E-state index contributed by atoms with van der Waals surface area (Å²) < 4.78 is 11.6. The third kappa shape index (κ3) is 5.35. The van der Waals surface area contributed by atoms with Gasteiger partial charge in [0.05, 0.1) is 24.2 Å². The van der Waals surface area contributed by atoms with E-state index < -0.39 is 5.91 Å². The van der Waals surface area contributed by atoms with Crippen molar-refractivity contribution in [1.29, 1.82) is 5.26 Å². The molecule has 27 heavy (non-hydrogen) atoms. The van der Waals surface area contributed by atoms with Crippen molar-refractivity contribution in [2.45, 2.75) is 19.9 Å². The molecule has 0 aliphatic heterocycles. The fourth-order valence-corrected chi connectivity index (χ4v) is 3.17. The molecule has 2 aromatic rings. The van der Waals surface area contributed by atoms with Crippen LogP contribution in [0.2, 0.25) is 0 Å². The zero-order valence-corrected chi connectivity index (χ0v) is 17.0. The number of amides is 1. The highest BCUT2D eigenvalue weighted by Crippen LogP contribution is 2.37. The van der Waals surface area contributed by atoms with E-state index in [0.29, 0.717) is 28.1 Å². The van der Waals surface area contributed by atoms with Crippen LogP contribution in [0.5, 0.6) is 11.5 Å². The standard InChI is InChI=1S/C21H21BrN2O3/c1-4-27-19-12-15(11-18(22)20(19)26-3)10-17(13-23)21(25)24-14(2)16-8-6-5-7-9-16/h5-12,14H,4H2,1-3H3,(H,24,25)/b17-10-/t14-/m0/s1. The average molecular weight is 429 g/mol. The predicted octanol–water partition coefficient (Wildman–Crippen LogP) is 4.64. The van der Waals surface area contributed by atoms with Crippen LogP contribution in [-0.4, -0.2) is 19.6 Å². The Morgan fingerprint density at radius 1 is 1.33 bits per heavy atom. The summed E-state index contributed by atoms with van der Waals surface area (Å²) in [5, 5.41) is 12.3. The number of halogens is 1. The van der Waals surface area contributed by atoms with Gasteiger partial charge in [-0.25, -0.2) is 0 Å². The van der Waals surface area contributed by atoms with Crippen LogP contribution in [0.4, 0.5) is 0 Å². The van der Waals surface area contributed by atoms with Crippen molar-refractivity contribution in [3.05, 3.63) is 63.6 Å². The number of rotatable bonds is 7. The minimum absolute atomic E-state index is 0.0114. The number of nitriles is 1. The third-order valence-electron chi connectivity index (χ3n) is 3.86. The molecular weight excluding hydrogens is 408 g/mol. The van der Waals surface area contributed by atoms with Gasteiger partial charge in [-0.2, -0.15) is 5.26 Å². The number of benzene rings is 2. The van der Waals surface area contributed by atoms with Gasteiger partial charge in [-0.05, 0) is 59.1 Å². The Kier molecular flexibility index (Phi) is 7.44. The number of carbonyl (C=O) groups is 1. The monoisotopic (exact) mass is 428 g/mol. The number of methoxy groups -OCH3 is 1. The van der Waals surface area contributed by atoms with Gasteiger partial charge in [0, 0.05) is 0 Å². The molecule has 0 fully saturated rings. The molecule has 1 amide bonds. The van der Waals surface area contributed by atoms with Crippen LogP contribution in [-0.2, 0) is 4.79 Å². The number of nitrogens with zero attached hydrogens (tertiary/aromatic N) is 1. The van der Waals surface area contributed by atoms with E-state index in [2.05, 4.69) is 21.2 Å². The van der Waals surface area contributed by atoms with E-state index in [0.717, 1.165) is 5.56 Å². The van der Waals surface area contributed by atoms with Crippen LogP contribution in [0.1, 0.15) is 31.0 Å². The van der Waals surface area contributed by atoms with Gasteiger partial charge in [0.2, 0.25) is 0 Å². The predicted molar refractivity (Wildman–Crippen MR) is 108 cm³/mol. The summed E-state index contributed by atoms with van der Waals surface area (Å²) >= 11 is 3.43. The van der Waals surface area contributed by atoms with Gasteiger partial charge >= 0.3 is 0 Å². The fourth-order valence-electron chi connectivity index (χ4n) is 2.55. The largest absolute Gasteiger partial charge is 0.492 e. The molecule has 6 heteroatoms. The molecule has 1 atom stereocenters. The summed E-state index contributed by atoms with van der Waals surface area (Å²) in [5.41, 5.74) is 1.64. The average Bonchev–Trinajstić information content (AvgIpc) is 2.66. The van der Waals surface area contributed by atoms with Crippen molar-refractivity contribution in [3.63, 3.8) is 0 Å². The second kappa shape index (κ2) is 9.79. The first-order valence-electron chi connectivity index (χ1n) is 8.48. The van der Waals surface area contributed by atoms with Crippen molar-refractivity contribution in [3.8, 4) is 17.6 Å². The molecule has 0 spiro atoms. The van der Waals surface area contributed by atoms with Crippen LogP contribution in [0.3, 0.4) is 0 Å². The van der Waals surface area contributed by atoms with Crippen molar-refractivity contribution in [2.24, 2.45) is 0 Å². The van der Waals surface area contributed by atoms with E-state index in [1.54, 1.807) is 19.2 Å². The van der Waals surface area contributed by atoms with Crippen LogP contribution >= 0.6 is 15.9 Å². The highest BCUT2D eigenvalue weighted by Gasteiger charge is 2.15. The van der Waals surface area contributed by atoms with E-state index in [1.165, 1.54) is 6.08 Å². The van der Waals surface area contributed by atoms with E-state index in [9.17, 15) is 10.1 Å². The molecule has 2 rings (SSSR count). The van der Waals surface area contributed by atoms with Gasteiger partial charge in [0.25, 0.3) is 5.91 Å². The molecule has 2 aromatic carbocycles. The molecule has 0 heterocycles. The van der Waals surface area contributed by atoms with E-state index in [1.807, 2.05) is 50.2 Å². The molecule has 0 aliphatic rings. The topological polar surface area (TPSA) is 71.3 Å². The third-order valence-corrected chi connectivity index (χ3v) is 4.45. The highest BCUT2D eigenvalue weighted by molar-refractivity contribution is 9.10. The molecule has 0 aliphatic carbocycles. The number of hydrogen-bond acceptors (Lipinski definition) is 4. The van der Waals surface area contributed by atoms with Crippen molar-refractivity contribution < 1.29 is 14.3 Å². The number of hydrogen-bond donors (Lipinski definition) is 1. The fraction of sp³-hybridized carbons (Fsp3) is 0.238. The smallest absolute Gasteiger partial charge is 0.262 e. The molecule has 0 radical (unpaired) electrons. The molecule has 0 saturated heterocycles. The van der Waals surface area contributed by atoms with Crippen LogP contribution < -0.4 is 14.8 Å². The minimum atomic E-state index is -0.432. The van der Waals surface area contributed by atoms with Gasteiger partial charge in [-0.15, -0.1) is 0 Å². The molecule has 0 unspecified atom stereocenters.